The molecule has 0 amide bonds. The summed E-state index contributed by atoms with van der Waals surface area (Å²) in [5, 5.41) is 6.80. The zero-order valence-corrected chi connectivity index (χ0v) is 21.0. The monoisotopic (exact) mass is 548 g/mol. The van der Waals surface area contributed by atoms with Crippen LogP contribution in [0.2, 0.25) is 0 Å². The molecule has 1 unspecified atom stereocenters. The SMILES string of the molecule is CN=C(NCc1ccc(-n2ccnc2C)c(F)c1)NC1CCN(c2ccc(C)cc2)C1.I. The van der Waals surface area contributed by atoms with Gasteiger partial charge in [0.2, 0.25) is 0 Å². The second kappa shape index (κ2) is 10.8. The van der Waals surface area contributed by atoms with Gasteiger partial charge in [-0.2, -0.15) is 0 Å². The van der Waals surface area contributed by atoms with Gasteiger partial charge in [0.05, 0.1) is 5.69 Å². The Morgan fingerprint density at radius 3 is 2.62 bits per heavy atom. The van der Waals surface area contributed by atoms with Crippen LogP contribution in [0.4, 0.5) is 10.1 Å². The van der Waals surface area contributed by atoms with Crippen molar-refractivity contribution in [1.82, 2.24) is 20.2 Å². The highest BCUT2D eigenvalue weighted by Crippen LogP contribution is 2.21. The van der Waals surface area contributed by atoms with Gasteiger partial charge in [-0.1, -0.05) is 23.8 Å². The van der Waals surface area contributed by atoms with E-state index in [1.807, 2.05) is 13.0 Å². The first kappa shape index (κ1) is 24.0. The Morgan fingerprint density at radius 2 is 1.97 bits per heavy atom. The van der Waals surface area contributed by atoms with Crippen molar-refractivity contribution in [2.24, 2.45) is 4.99 Å². The van der Waals surface area contributed by atoms with Gasteiger partial charge in [0.1, 0.15) is 11.6 Å². The molecular weight excluding hydrogens is 518 g/mol. The zero-order valence-electron chi connectivity index (χ0n) is 18.7. The number of halogens is 2. The number of anilines is 1. The third-order valence-electron chi connectivity index (χ3n) is 5.71. The maximum absolute atomic E-state index is 14.6. The van der Waals surface area contributed by atoms with Crippen LogP contribution >= 0.6 is 24.0 Å². The highest BCUT2D eigenvalue weighted by Gasteiger charge is 2.23. The van der Waals surface area contributed by atoms with E-state index < -0.39 is 0 Å². The summed E-state index contributed by atoms with van der Waals surface area (Å²) in [6.07, 6.45) is 4.48. The lowest BCUT2D eigenvalue weighted by atomic mass is 10.2. The molecule has 3 aromatic rings. The van der Waals surface area contributed by atoms with Crippen LogP contribution < -0.4 is 15.5 Å². The maximum Gasteiger partial charge on any atom is 0.191 e. The van der Waals surface area contributed by atoms with Crippen molar-refractivity contribution < 1.29 is 4.39 Å². The van der Waals surface area contributed by atoms with Gasteiger partial charge in [0.15, 0.2) is 5.96 Å². The molecule has 0 spiro atoms. The van der Waals surface area contributed by atoms with Gasteiger partial charge in [0.25, 0.3) is 0 Å². The fourth-order valence-electron chi connectivity index (χ4n) is 3.93. The molecule has 0 aliphatic carbocycles. The average Bonchev–Trinajstić information content (AvgIpc) is 3.41. The summed E-state index contributed by atoms with van der Waals surface area (Å²) >= 11 is 0. The molecule has 6 nitrogen and oxygen atoms in total. The largest absolute Gasteiger partial charge is 0.369 e. The molecule has 1 saturated heterocycles. The topological polar surface area (TPSA) is 57.5 Å². The number of guanidine groups is 1. The van der Waals surface area contributed by atoms with Gasteiger partial charge in [-0.05, 0) is 50.1 Å². The van der Waals surface area contributed by atoms with Crippen LogP contribution in [0, 0.1) is 19.7 Å². The molecule has 0 saturated carbocycles. The molecule has 2 heterocycles. The number of aromatic nitrogens is 2. The molecule has 170 valence electrons. The minimum Gasteiger partial charge on any atom is -0.369 e. The van der Waals surface area contributed by atoms with Crippen molar-refractivity contribution in [2.45, 2.75) is 32.9 Å². The lowest BCUT2D eigenvalue weighted by Crippen LogP contribution is -2.44. The summed E-state index contributed by atoms with van der Waals surface area (Å²) in [6, 6.07) is 14.2. The second-order valence-corrected chi connectivity index (χ2v) is 7.97. The Kier molecular flexibility index (Phi) is 8.11. The lowest BCUT2D eigenvalue weighted by molar-refractivity contribution is 0.612. The Labute approximate surface area is 206 Å². The van der Waals surface area contributed by atoms with E-state index in [0.29, 0.717) is 18.3 Å². The molecule has 1 atom stereocenters. The van der Waals surface area contributed by atoms with Gasteiger partial charge >= 0.3 is 0 Å². The van der Waals surface area contributed by atoms with Crippen LogP contribution in [0.15, 0.2) is 59.9 Å². The molecule has 8 heteroatoms. The van der Waals surface area contributed by atoms with Gasteiger partial charge < -0.3 is 20.1 Å². The molecule has 2 aromatic carbocycles. The van der Waals surface area contributed by atoms with E-state index in [0.717, 1.165) is 36.9 Å². The van der Waals surface area contributed by atoms with Gasteiger partial charge in [-0.15, -0.1) is 24.0 Å². The predicted octanol–water partition coefficient (Wildman–Crippen LogP) is 4.19. The van der Waals surface area contributed by atoms with E-state index >= 15 is 0 Å². The van der Waals surface area contributed by atoms with Crippen LogP contribution in [0.5, 0.6) is 0 Å². The lowest BCUT2D eigenvalue weighted by Gasteiger charge is -2.20. The fraction of sp³-hybridized carbons (Fsp3) is 0.333. The van der Waals surface area contributed by atoms with Crippen molar-refractivity contribution in [1.29, 1.82) is 0 Å². The minimum atomic E-state index is -0.270. The van der Waals surface area contributed by atoms with Gasteiger partial charge in [-0.25, -0.2) is 9.37 Å². The van der Waals surface area contributed by atoms with E-state index in [-0.39, 0.29) is 29.8 Å². The van der Waals surface area contributed by atoms with Crippen LogP contribution in [0.3, 0.4) is 0 Å². The second-order valence-electron chi connectivity index (χ2n) is 7.97. The first-order valence-corrected chi connectivity index (χ1v) is 10.6. The highest BCUT2D eigenvalue weighted by atomic mass is 127. The van der Waals surface area contributed by atoms with E-state index in [9.17, 15) is 4.39 Å². The molecule has 0 radical (unpaired) electrons. The molecule has 1 aromatic heterocycles. The van der Waals surface area contributed by atoms with Crippen LogP contribution in [-0.2, 0) is 6.54 Å². The minimum absolute atomic E-state index is 0. The Balaban J connectivity index is 0.00000289. The summed E-state index contributed by atoms with van der Waals surface area (Å²) in [7, 11) is 1.76. The zero-order chi connectivity index (χ0) is 21.8. The smallest absolute Gasteiger partial charge is 0.191 e. The molecule has 1 fully saturated rings. The van der Waals surface area contributed by atoms with Crippen molar-refractivity contribution >= 4 is 35.6 Å². The Bertz CT molecular complexity index is 1060. The number of nitrogens with one attached hydrogen (secondary N) is 2. The van der Waals surface area contributed by atoms with E-state index in [4.69, 9.17) is 0 Å². The number of benzene rings is 2. The number of nitrogens with zero attached hydrogens (tertiary/aromatic N) is 4. The van der Waals surface area contributed by atoms with Crippen LogP contribution in [-0.4, -0.2) is 41.7 Å². The number of hydrogen-bond acceptors (Lipinski definition) is 3. The summed E-state index contributed by atoms with van der Waals surface area (Å²) < 4.78 is 16.4. The number of aryl methyl sites for hydroxylation is 2. The van der Waals surface area contributed by atoms with E-state index in [2.05, 4.69) is 56.7 Å². The molecule has 2 N–H and O–H groups in total. The van der Waals surface area contributed by atoms with Crippen molar-refractivity contribution in [3.8, 4) is 5.69 Å². The summed E-state index contributed by atoms with van der Waals surface area (Å²) in [6.45, 7) is 6.39. The Morgan fingerprint density at radius 1 is 1.19 bits per heavy atom. The number of aliphatic imine (C=N–C) groups is 1. The molecule has 1 aliphatic rings. The van der Waals surface area contributed by atoms with E-state index in [1.54, 1.807) is 36.1 Å². The fourth-order valence-corrected chi connectivity index (χ4v) is 3.93. The predicted molar refractivity (Wildman–Crippen MR) is 139 cm³/mol. The van der Waals surface area contributed by atoms with E-state index in [1.165, 1.54) is 11.3 Å². The van der Waals surface area contributed by atoms with Crippen LogP contribution in [0.25, 0.3) is 5.69 Å². The highest BCUT2D eigenvalue weighted by molar-refractivity contribution is 14.0. The molecule has 0 bridgehead atoms. The summed E-state index contributed by atoms with van der Waals surface area (Å²) in [5.74, 6) is 1.21. The van der Waals surface area contributed by atoms with Gasteiger partial charge in [0, 0.05) is 50.8 Å². The standard InChI is InChI=1S/C24H29FN6.HI/c1-17-4-7-21(8-5-17)30-12-10-20(16-30)29-24(26-3)28-15-19-6-9-23(22(25)14-19)31-13-11-27-18(31)2;/h4-9,11,13-14,20H,10,12,15-16H2,1-3H3,(H2,26,28,29);1H. The number of imidazole rings is 1. The molecule has 1 aliphatic heterocycles. The number of hydrogen-bond donors (Lipinski definition) is 2. The van der Waals surface area contributed by atoms with Crippen molar-refractivity contribution in [2.75, 3.05) is 25.0 Å². The third-order valence-corrected chi connectivity index (χ3v) is 5.71. The average molecular weight is 548 g/mol. The molecule has 32 heavy (non-hydrogen) atoms. The van der Waals surface area contributed by atoms with Gasteiger partial charge in [-0.3, -0.25) is 4.99 Å². The third kappa shape index (κ3) is 5.59. The normalized spacial score (nSPS) is 16.1. The first-order chi connectivity index (χ1) is 15.0. The summed E-state index contributed by atoms with van der Waals surface area (Å²) in [5.41, 5.74) is 3.88. The molecular formula is C24H30FIN6. The van der Waals surface area contributed by atoms with Crippen LogP contribution in [0.1, 0.15) is 23.4 Å². The number of rotatable bonds is 5. The van der Waals surface area contributed by atoms with Crippen molar-refractivity contribution in [3.05, 3.63) is 77.6 Å². The van der Waals surface area contributed by atoms with Crippen molar-refractivity contribution in [3.63, 3.8) is 0 Å². The maximum atomic E-state index is 14.6. The summed E-state index contributed by atoms with van der Waals surface area (Å²) in [4.78, 5) is 10.9. The quantitative estimate of drug-likeness (QED) is 0.285. The first-order valence-electron chi connectivity index (χ1n) is 10.6. The Hall–Kier alpha value is -2.62. The molecule has 4 rings (SSSR count).